The van der Waals surface area contributed by atoms with Crippen LogP contribution in [-0.4, -0.2) is 24.9 Å². The van der Waals surface area contributed by atoms with E-state index in [0.29, 0.717) is 10.5 Å². The van der Waals surface area contributed by atoms with E-state index in [2.05, 4.69) is 0 Å². The zero-order valence-corrected chi connectivity index (χ0v) is 10.5. The summed E-state index contributed by atoms with van der Waals surface area (Å²) in [6.45, 7) is -0.485. The second kappa shape index (κ2) is 5.99. The van der Waals surface area contributed by atoms with Gasteiger partial charge in [-0.1, -0.05) is 6.07 Å². The number of nitrogens with two attached hydrogens (primary N) is 1. The Hall–Kier alpha value is -1.37. The molecule has 0 heterocycles. The van der Waals surface area contributed by atoms with Crippen LogP contribution in [0.3, 0.4) is 0 Å². The summed E-state index contributed by atoms with van der Waals surface area (Å²) in [5.74, 6) is -0.0134. The predicted molar refractivity (Wildman–Crippen MR) is 65.4 cm³/mol. The molecule has 0 bridgehead atoms. The molecule has 0 amide bonds. The standard InChI is InChI=1S/C11H13F3N2OS/c1-18-8-4-2-3-7(9(8)10(15)16)17-6-5-11(12,13)14/h2-4H,5-6H2,1H3,(H3,15,16). The molecule has 18 heavy (non-hydrogen) atoms. The van der Waals surface area contributed by atoms with Crippen LogP contribution in [0, 0.1) is 5.41 Å². The molecule has 3 N–H and O–H groups in total. The van der Waals surface area contributed by atoms with E-state index < -0.39 is 19.2 Å². The van der Waals surface area contributed by atoms with Gasteiger partial charge in [0.2, 0.25) is 0 Å². The van der Waals surface area contributed by atoms with Gasteiger partial charge in [-0.15, -0.1) is 11.8 Å². The van der Waals surface area contributed by atoms with E-state index in [4.69, 9.17) is 15.9 Å². The molecular formula is C11H13F3N2OS. The molecule has 0 fully saturated rings. The SMILES string of the molecule is CSc1cccc(OCCC(F)(F)F)c1C(=N)N. The van der Waals surface area contributed by atoms with Crippen LogP contribution in [0.1, 0.15) is 12.0 Å². The van der Waals surface area contributed by atoms with Gasteiger partial charge in [0, 0.05) is 4.90 Å². The van der Waals surface area contributed by atoms with Crippen molar-refractivity contribution in [1.82, 2.24) is 0 Å². The Balaban J connectivity index is 2.85. The third kappa shape index (κ3) is 4.14. The molecule has 0 aliphatic carbocycles. The van der Waals surface area contributed by atoms with E-state index in [1.807, 2.05) is 0 Å². The van der Waals surface area contributed by atoms with Crippen molar-refractivity contribution in [3.05, 3.63) is 23.8 Å². The van der Waals surface area contributed by atoms with Gasteiger partial charge in [-0.25, -0.2) is 0 Å². The molecule has 0 saturated carbocycles. The van der Waals surface area contributed by atoms with E-state index in [-0.39, 0.29) is 11.6 Å². The number of halogens is 3. The van der Waals surface area contributed by atoms with Crippen LogP contribution in [0.4, 0.5) is 13.2 Å². The number of thioether (sulfide) groups is 1. The van der Waals surface area contributed by atoms with Gasteiger partial charge in [-0.3, -0.25) is 5.41 Å². The number of nitrogen functional groups attached to an aromatic ring is 1. The van der Waals surface area contributed by atoms with Gasteiger partial charge in [0.15, 0.2) is 0 Å². The average molecular weight is 278 g/mol. The Kier molecular flexibility index (Phi) is 4.89. The first kappa shape index (κ1) is 14.7. The number of alkyl halides is 3. The van der Waals surface area contributed by atoms with Gasteiger partial charge in [-0.05, 0) is 18.4 Å². The number of hydrogen-bond acceptors (Lipinski definition) is 3. The fourth-order valence-corrected chi connectivity index (χ4v) is 1.97. The minimum atomic E-state index is -4.26. The molecule has 0 aliphatic heterocycles. The maximum atomic E-state index is 12.0. The molecule has 0 unspecified atom stereocenters. The van der Waals surface area contributed by atoms with Crippen molar-refractivity contribution >= 4 is 17.6 Å². The molecule has 0 aliphatic rings. The fraction of sp³-hybridized carbons (Fsp3) is 0.364. The molecule has 1 rings (SSSR count). The first-order valence-electron chi connectivity index (χ1n) is 5.06. The molecule has 7 heteroatoms. The van der Waals surface area contributed by atoms with E-state index in [9.17, 15) is 13.2 Å². The lowest BCUT2D eigenvalue weighted by molar-refractivity contribution is -0.139. The Bertz CT molecular complexity index is 435. The summed E-state index contributed by atoms with van der Waals surface area (Å²) in [6.07, 6.45) is -3.50. The third-order valence-corrected chi connectivity index (χ3v) is 2.90. The van der Waals surface area contributed by atoms with Gasteiger partial charge >= 0.3 is 6.18 Å². The molecule has 1 aromatic rings. The number of hydrogen-bond donors (Lipinski definition) is 2. The maximum Gasteiger partial charge on any atom is 0.392 e. The molecule has 0 atom stereocenters. The Morgan fingerprint density at radius 3 is 2.61 bits per heavy atom. The van der Waals surface area contributed by atoms with Crippen molar-refractivity contribution < 1.29 is 17.9 Å². The molecule has 1 aromatic carbocycles. The maximum absolute atomic E-state index is 12.0. The molecule has 0 spiro atoms. The van der Waals surface area contributed by atoms with Gasteiger partial charge in [0.05, 0.1) is 18.6 Å². The Labute approximate surface area is 107 Å². The smallest absolute Gasteiger partial charge is 0.392 e. The van der Waals surface area contributed by atoms with E-state index >= 15 is 0 Å². The molecule has 0 aromatic heterocycles. The zero-order valence-electron chi connectivity index (χ0n) is 9.67. The van der Waals surface area contributed by atoms with Gasteiger partial charge in [0.25, 0.3) is 0 Å². The Morgan fingerprint density at radius 1 is 1.44 bits per heavy atom. The summed E-state index contributed by atoms with van der Waals surface area (Å²) in [5, 5.41) is 7.44. The first-order valence-corrected chi connectivity index (χ1v) is 6.28. The average Bonchev–Trinajstić information content (AvgIpc) is 2.26. The summed E-state index contributed by atoms with van der Waals surface area (Å²) < 4.78 is 41.1. The third-order valence-electron chi connectivity index (χ3n) is 2.12. The van der Waals surface area contributed by atoms with Crippen LogP contribution in [0.5, 0.6) is 5.75 Å². The van der Waals surface area contributed by atoms with Crippen molar-refractivity contribution in [2.75, 3.05) is 12.9 Å². The summed E-state index contributed by atoms with van der Waals surface area (Å²) in [6, 6.07) is 4.89. The van der Waals surface area contributed by atoms with Crippen molar-refractivity contribution in [2.45, 2.75) is 17.5 Å². The number of nitrogens with one attached hydrogen (secondary N) is 1. The Morgan fingerprint density at radius 2 is 2.11 bits per heavy atom. The van der Waals surface area contributed by atoms with Crippen molar-refractivity contribution in [3.8, 4) is 5.75 Å². The monoisotopic (exact) mass is 278 g/mol. The summed E-state index contributed by atoms with van der Waals surface area (Å²) in [7, 11) is 0. The topological polar surface area (TPSA) is 59.1 Å². The highest BCUT2D eigenvalue weighted by Gasteiger charge is 2.27. The van der Waals surface area contributed by atoms with Crippen LogP contribution >= 0.6 is 11.8 Å². The van der Waals surface area contributed by atoms with Crippen molar-refractivity contribution in [2.24, 2.45) is 5.73 Å². The van der Waals surface area contributed by atoms with Gasteiger partial charge in [-0.2, -0.15) is 13.2 Å². The second-order valence-corrected chi connectivity index (χ2v) is 4.31. The minimum absolute atomic E-state index is 0.207. The predicted octanol–water partition coefficient (Wildman–Crippen LogP) is 3.02. The van der Waals surface area contributed by atoms with Crippen LogP contribution < -0.4 is 10.5 Å². The largest absolute Gasteiger partial charge is 0.492 e. The molecule has 100 valence electrons. The number of rotatable bonds is 5. The highest BCUT2D eigenvalue weighted by molar-refractivity contribution is 7.98. The minimum Gasteiger partial charge on any atom is -0.492 e. The number of ether oxygens (including phenoxy) is 1. The molecule has 0 saturated heterocycles. The van der Waals surface area contributed by atoms with Crippen LogP contribution in [-0.2, 0) is 0 Å². The van der Waals surface area contributed by atoms with E-state index in [1.54, 1.807) is 18.4 Å². The highest BCUT2D eigenvalue weighted by Crippen LogP contribution is 2.29. The lowest BCUT2D eigenvalue weighted by Crippen LogP contribution is -2.17. The van der Waals surface area contributed by atoms with Crippen LogP contribution in [0.2, 0.25) is 0 Å². The fourth-order valence-electron chi connectivity index (χ4n) is 1.34. The van der Waals surface area contributed by atoms with Crippen LogP contribution in [0.25, 0.3) is 0 Å². The summed E-state index contributed by atoms with van der Waals surface area (Å²) in [4.78, 5) is 0.701. The summed E-state index contributed by atoms with van der Waals surface area (Å²) in [5.41, 5.74) is 5.76. The lowest BCUT2D eigenvalue weighted by atomic mass is 10.2. The summed E-state index contributed by atoms with van der Waals surface area (Å²) >= 11 is 1.35. The molecular weight excluding hydrogens is 265 g/mol. The van der Waals surface area contributed by atoms with Gasteiger partial charge < -0.3 is 10.5 Å². The quantitative estimate of drug-likeness (QED) is 0.494. The van der Waals surface area contributed by atoms with E-state index in [0.717, 1.165) is 0 Å². The lowest BCUT2D eigenvalue weighted by Gasteiger charge is -2.14. The second-order valence-electron chi connectivity index (χ2n) is 3.46. The van der Waals surface area contributed by atoms with E-state index in [1.165, 1.54) is 17.8 Å². The molecule has 3 nitrogen and oxygen atoms in total. The highest BCUT2D eigenvalue weighted by atomic mass is 32.2. The van der Waals surface area contributed by atoms with Crippen molar-refractivity contribution in [3.63, 3.8) is 0 Å². The van der Waals surface area contributed by atoms with Gasteiger partial charge in [0.1, 0.15) is 11.6 Å². The normalized spacial score (nSPS) is 11.3. The van der Waals surface area contributed by atoms with Crippen molar-refractivity contribution in [1.29, 1.82) is 5.41 Å². The molecule has 0 radical (unpaired) electrons. The first-order chi connectivity index (χ1) is 8.35. The zero-order chi connectivity index (χ0) is 13.8. The number of amidine groups is 1. The van der Waals surface area contributed by atoms with Crippen LogP contribution in [0.15, 0.2) is 23.1 Å². The number of benzene rings is 1.